The van der Waals surface area contributed by atoms with Crippen molar-refractivity contribution in [2.75, 3.05) is 0 Å². The third-order valence-corrected chi connectivity index (χ3v) is 3.18. The molecule has 2 aromatic rings. The molecule has 106 valence electrons. The summed E-state index contributed by atoms with van der Waals surface area (Å²) >= 11 is 3.15. The highest BCUT2D eigenvalue weighted by molar-refractivity contribution is 9.08. The molecular weight excluding hydrogens is 343 g/mol. The van der Waals surface area contributed by atoms with E-state index < -0.39 is 16.7 Å². The largest absolute Gasteiger partial charge is 0.419 e. The van der Waals surface area contributed by atoms with Gasteiger partial charge in [-0.25, -0.2) is 4.68 Å². The van der Waals surface area contributed by atoms with Gasteiger partial charge in [-0.2, -0.15) is 18.3 Å². The van der Waals surface area contributed by atoms with Gasteiger partial charge in [-0.3, -0.25) is 10.1 Å². The summed E-state index contributed by atoms with van der Waals surface area (Å²) in [6.07, 6.45) is -2.93. The molecule has 5 nitrogen and oxygen atoms in total. The van der Waals surface area contributed by atoms with Gasteiger partial charge in [-0.05, 0) is 11.6 Å². The quantitative estimate of drug-likeness (QED) is 0.482. The van der Waals surface area contributed by atoms with E-state index in [2.05, 4.69) is 21.0 Å². The Labute approximate surface area is 119 Å². The number of nitrogens with zero attached hydrogens (tertiary/aromatic N) is 3. The highest BCUT2D eigenvalue weighted by Gasteiger charge is 2.32. The fourth-order valence-electron chi connectivity index (χ4n) is 1.62. The molecule has 0 saturated heterocycles. The third-order valence-electron chi connectivity index (χ3n) is 2.57. The number of non-ortho nitro benzene ring substituents is 1. The Morgan fingerprint density at radius 2 is 2.10 bits per heavy atom. The van der Waals surface area contributed by atoms with E-state index in [0.29, 0.717) is 17.4 Å². The van der Waals surface area contributed by atoms with Crippen LogP contribution in [-0.2, 0) is 11.5 Å². The number of rotatable bonds is 3. The summed E-state index contributed by atoms with van der Waals surface area (Å²) in [6.45, 7) is 0. The SMILES string of the molecule is O=[N+]([O-])c1ccc(-n2cc(C(F)(F)F)cn2)c(CBr)c1. The van der Waals surface area contributed by atoms with E-state index in [1.54, 1.807) is 0 Å². The molecule has 0 fully saturated rings. The van der Waals surface area contributed by atoms with Crippen LogP contribution in [0, 0.1) is 10.1 Å². The Kier molecular flexibility index (Phi) is 3.80. The Bertz CT molecular complexity index is 655. The molecular formula is C11H7BrF3N3O2. The number of hydrogen-bond acceptors (Lipinski definition) is 3. The van der Waals surface area contributed by atoms with Gasteiger partial charge in [-0.15, -0.1) is 0 Å². The van der Waals surface area contributed by atoms with Gasteiger partial charge in [0.25, 0.3) is 5.69 Å². The van der Waals surface area contributed by atoms with Crippen molar-refractivity contribution in [3.63, 3.8) is 0 Å². The van der Waals surface area contributed by atoms with Gasteiger partial charge in [0.1, 0.15) is 0 Å². The zero-order chi connectivity index (χ0) is 14.9. The van der Waals surface area contributed by atoms with Crippen LogP contribution in [-0.4, -0.2) is 14.7 Å². The van der Waals surface area contributed by atoms with Crippen LogP contribution in [0.5, 0.6) is 0 Å². The van der Waals surface area contributed by atoms with Crippen molar-refractivity contribution in [3.05, 3.63) is 51.8 Å². The Morgan fingerprint density at radius 1 is 1.40 bits per heavy atom. The predicted octanol–water partition coefficient (Wildman–Crippen LogP) is 3.69. The number of aromatic nitrogens is 2. The Balaban J connectivity index is 2.47. The van der Waals surface area contributed by atoms with Gasteiger partial charge in [0.2, 0.25) is 0 Å². The lowest BCUT2D eigenvalue weighted by molar-refractivity contribution is -0.384. The van der Waals surface area contributed by atoms with Crippen molar-refractivity contribution in [1.29, 1.82) is 0 Å². The molecule has 1 aromatic carbocycles. The predicted molar refractivity (Wildman–Crippen MR) is 67.9 cm³/mol. The normalized spacial score (nSPS) is 11.6. The summed E-state index contributed by atoms with van der Waals surface area (Å²) in [6, 6.07) is 3.87. The first-order valence-corrected chi connectivity index (χ1v) is 6.40. The van der Waals surface area contributed by atoms with Crippen molar-refractivity contribution in [3.8, 4) is 5.69 Å². The highest BCUT2D eigenvalue weighted by Crippen LogP contribution is 2.30. The number of nitro benzene ring substituents is 1. The minimum absolute atomic E-state index is 0.133. The molecule has 1 aromatic heterocycles. The van der Waals surface area contributed by atoms with Crippen LogP contribution < -0.4 is 0 Å². The van der Waals surface area contributed by atoms with Crippen LogP contribution in [0.4, 0.5) is 18.9 Å². The van der Waals surface area contributed by atoms with Crippen molar-refractivity contribution in [1.82, 2.24) is 9.78 Å². The van der Waals surface area contributed by atoms with Gasteiger partial charge in [0.05, 0.1) is 22.4 Å². The van der Waals surface area contributed by atoms with Gasteiger partial charge in [0, 0.05) is 23.7 Å². The number of alkyl halides is 4. The fourth-order valence-corrected chi connectivity index (χ4v) is 2.07. The Morgan fingerprint density at radius 3 is 2.60 bits per heavy atom. The molecule has 0 saturated carbocycles. The first-order valence-electron chi connectivity index (χ1n) is 5.28. The number of hydrogen-bond donors (Lipinski definition) is 0. The number of halogens is 4. The standard InChI is InChI=1S/C11H7BrF3N3O2/c12-4-7-3-9(18(19)20)1-2-10(7)17-6-8(5-16-17)11(13,14)15/h1-3,5-6H,4H2. The van der Waals surface area contributed by atoms with Gasteiger partial charge in [-0.1, -0.05) is 15.9 Å². The second-order valence-electron chi connectivity index (χ2n) is 3.88. The van der Waals surface area contributed by atoms with E-state index in [4.69, 9.17) is 0 Å². The summed E-state index contributed by atoms with van der Waals surface area (Å²) in [4.78, 5) is 10.1. The maximum atomic E-state index is 12.5. The van der Waals surface area contributed by atoms with E-state index in [1.807, 2.05) is 0 Å². The van der Waals surface area contributed by atoms with E-state index in [9.17, 15) is 23.3 Å². The highest BCUT2D eigenvalue weighted by atomic mass is 79.9. The van der Waals surface area contributed by atoms with Gasteiger partial charge < -0.3 is 0 Å². The molecule has 0 N–H and O–H groups in total. The summed E-state index contributed by atoms with van der Waals surface area (Å²) < 4.78 is 38.6. The molecule has 0 aliphatic rings. The van der Waals surface area contributed by atoms with Gasteiger partial charge >= 0.3 is 6.18 Å². The third kappa shape index (κ3) is 2.82. The maximum absolute atomic E-state index is 12.5. The lowest BCUT2D eigenvalue weighted by Gasteiger charge is -2.07. The fraction of sp³-hybridized carbons (Fsp3) is 0.182. The zero-order valence-corrected chi connectivity index (χ0v) is 11.3. The molecule has 0 aliphatic heterocycles. The van der Waals surface area contributed by atoms with E-state index in [-0.39, 0.29) is 11.0 Å². The molecule has 2 rings (SSSR count). The van der Waals surface area contributed by atoms with Crippen molar-refractivity contribution in [2.24, 2.45) is 0 Å². The molecule has 0 unspecified atom stereocenters. The van der Waals surface area contributed by atoms with Gasteiger partial charge in [0.15, 0.2) is 0 Å². The summed E-state index contributed by atoms with van der Waals surface area (Å²) in [5, 5.41) is 14.6. The van der Waals surface area contributed by atoms with E-state index in [0.717, 1.165) is 10.9 Å². The average molecular weight is 350 g/mol. The van der Waals surface area contributed by atoms with E-state index >= 15 is 0 Å². The van der Waals surface area contributed by atoms with E-state index in [1.165, 1.54) is 18.2 Å². The van der Waals surface area contributed by atoms with Crippen molar-refractivity contribution >= 4 is 21.6 Å². The molecule has 9 heteroatoms. The first kappa shape index (κ1) is 14.5. The molecule has 0 amide bonds. The smallest absolute Gasteiger partial charge is 0.258 e. The lowest BCUT2D eigenvalue weighted by Crippen LogP contribution is -2.03. The monoisotopic (exact) mass is 349 g/mol. The van der Waals surface area contributed by atoms with Crippen molar-refractivity contribution < 1.29 is 18.1 Å². The second kappa shape index (κ2) is 5.23. The number of nitro groups is 1. The molecule has 0 atom stereocenters. The minimum Gasteiger partial charge on any atom is -0.258 e. The molecule has 0 radical (unpaired) electrons. The van der Waals surface area contributed by atoms with Crippen LogP contribution in [0.2, 0.25) is 0 Å². The average Bonchev–Trinajstić information content (AvgIpc) is 2.87. The van der Waals surface area contributed by atoms with Crippen molar-refractivity contribution in [2.45, 2.75) is 11.5 Å². The maximum Gasteiger partial charge on any atom is 0.419 e. The molecule has 20 heavy (non-hydrogen) atoms. The first-order chi connectivity index (χ1) is 9.32. The molecule has 1 heterocycles. The Hall–Kier alpha value is -1.90. The molecule has 0 aliphatic carbocycles. The molecule has 0 bridgehead atoms. The minimum atomic E-state index is -4.48. The number of benzene rings is 1. The topological polar surface area (TPSA) is 61.0 Å². The van der Waals surface area contributed by atoms with Crippen LogP contribution >= 0.6 is 15.9 Å². The summed E-state index contributed by atoms with van der Waals surface area (Å²) in [5.74, 6) is 0. The van der Waals surface area contributed by atoms with Crippen LogP contribution in [0.15, 0.2) is 30.6 Å². The van der Waals surface area contributed by atoms with Crippen LogP contribution in [0.3, 0.4) is 0 Å². The van der Waals surface area contributed by atoms with Crippen LogP contribution in [0.25, 0.3) is 5.69 Å². The van der Waals surface area contributed by atoms with Crippen LogP contribution in [0.1, 0.15) is 11.1 Å². The lowest BCUT2D eigenvalue weighted by atomic mass is 10.2. The summed E-state index contributed by atoms with van der Waals surface area (Å²) in [5.41, 5.74) is -0.193. The second-order valence-corrected chi connectivity index (χ2v) is 4.44. The molecule has 0 spiro atoms. The zero-order valence-electron chi connectivity index (χ0n) is 9.76. The summed E-state index contributed by atoms with van der Waals surface area (Å²) in [7, 11) is 0.